The Morgan fingerprint density at radius 2 is 1.00 bits per heavy atom. The molecule has 7 nitrogen and oxygen atoms in total. The Balaban J connectivity index is 2.35. The molecule has 1 fully saturated rings. The average molecular weight is 498 g/mol. The first-order chi connectivity index (χ1) is 16.4. The van der Waals surface area contributed by atoms with Crippen LogP contribution in [0.2, 0.25) is 0 Å². The number of likely N-dealkylation sites (tertiary alicyclic amines) is 1. The zero-order valence-electron chi connectivity index (χ0n) is 23.8. The van der Waals surface area contributed by atoms with Gasteiger partial charge >= 0.3 is 12.2 Å². The average Bonchev–Trinajstić information content (AvgIpc) is 3.06. The molecule has 0 radical (unpaired) electrons. The molecule has 2 amide bonds. The smallest absolute Gasteiger partial charge is 0.407 e. The van der Waals surface area contributed by atoms with E-state index in [1.54, 1.807) is 0 Å². The minimum absolute atomic E-state index is 0.213. The van der Waals surface area contributed by atoms with Crippen LogP contribution in [0.15, 0.2) is 0 Å². The molecule has 0 aromatic carbocycles. The normalized spacial score (nSPS) is 18.9. The highest BCUT2D eigenvalue weighted by Crippen LogP contribution is 2.16. The minimum Gasteiger partial charge on any atom is -0.444 e. The van der Waals surface area contributed by atoms with Crippen LogP contribution >= 0.6 is 0 Å². The number of hydrogen-bond donors (Lipinski definition) is 2. The van der Waals surface area contributed by atoms with Gasteiger partial charge in [-0.2, -0.15) is 0 Å². The molecule has 1 aliphatic rings. The van der Waals surface area contributed by atoms with E-state index in [2.05, 4.69) is 22.5 Å². The van der Waals surface area contributed by atoms with Crippen LogP contribution in [-0.2, 0) is 9.47 Å². The van der Waals surface area contributed by atoms with E-state index in [1.807, 2.05) is 41.5 Å². The van der Waals surface area contributed by atoms with E-state index in [0.29, 0.717) is 13.1 Å². The molecule has 1 heterocycles. The Bertz CT molecular complexity index is 560. The van der Waals surface area contributed by atoms with Crippen LogP contribution in [0, 0.1) is 0 Å². The Kier molecular flexibility index (Phi) is 14.7. The zero-order chi connectivity index (χ0) is 26.3. The molecule has 0 unspecified atom stereocenters. The number of amides is 2. The van der Waals surface area contributed by atoms with E-state index < -0.39 is 23.4 Å². The van der Waals surface area contributed by atoms with Crippen LogP contribution in [0.1, 0.15) is 126 Å². The lowest BCUT2D eigenvalue weighted by molar-refractivity contribution is 0.0447. The Labute approximate surface area is 215 Å². The summed E-state index contributed by atoms with van der Waals surface area (Å²) in [5.74, 6) is 0. The van der Waals surface area contributed by atoms with Crippen molar-refractivity contribution in [3.05, 3.63) is 0 Å². The zero-order valence-corrected chi connectivity index (χ0v) is 23.8. The van der Waals surface area contributed by atoms with Gasteiger partial charge in [-0.15, -0.1) is 0 Å². The first kappa shape index (κ1) is 31.5. The van der Waals surface area contributed by atoms with Crippen molar-refractivity contribution in [1.29, 1.82) is 0 Å². The molecule has 2 atom stereocenters. The third-order valence-corrected chi connectivity index (χ3v) is 6.13. The van der Waals surface area contributed by atoms with Gasteiger partial charge in [0.15, 0.2) is 0 Å². The minimum atomic E-state index is -0.564. The highest BCUT2D eigenvalue weighted by atomic mass is 16.6. The van der Waals surface area contributed by atoms with Crippen LogP contribution in [-0.4, -0.2) is 60.0 Å². The third kappa shape index (κ3) is 16.7. The molecule has 0 bridgehead atoms. The standard InChI is InChI=1S/C28H55N3O4/c1-8-9-10-11-12-13-14-15-16-17-18-19-20-31-21-23(29-25(32)34-27(2,3)4)24(22-31)30-26(33)35-28(5,6)7/h23-24H,8-22H2,1-7H3,(H,29,32)(H,30,33)/t23-,24-/m0/s1. The van der Waals surface area contributed by atoms with E-state index in [0.717, 1.165) is 13.0 Å². The molecule has 0 spiro atoms. The quantitative estimate of drug-likeness (QED) is 0.244. The number of rotatable bonds is 15. The molecule has 0 aliphatic carbocycles. The number of unbranched alkanes of at least 4 members (excludes halogenated alkanes) is 11. The van der Waals surface area contributed by atoms with E-state index in [4.69, 9.17) is 9.47 Å². The van der Waals surface area contributed by atoms with Gasteiger partial charge in [0.05, 0.1) is 12.1 Å². The first-order valence-corrected chi connectivity index (χ1v) is 14.1. The lowest BCUT2D eigenvalue weighted by Crippen LogP contribution is -2.52. The monoisotopic (exact) mass is 497 g/mol. The maximum Gasteiger partial charge on any atom is 0.407 e. The number of hydrogen-bond acceptors (Lipinski definition) is 5. The molecule has 35 heavy (non-hydrogen) atoms. The van der Waals surface area contributed by atoms with E-state index >= 15 is 0 Å². The van der Waals surface area contributed by atoms with Crippen LogP contribution in [0.3, 0.4) is 0 Å². The predicted molar refractivity (Wildman–Crippen MR) is 144 cm³/mol. The van der Waals surface area contributed by atoms with Gasteiger partial charge in [-0.3, -0.25) is 4.90 Å². The van der Waals surface area contributed by atoms with E-state index in [-0.39, 0.29) is 12.1 Å². The molecule has 1 aliphatic heterocycles. The maximum absolute atomic E-state index is 12.4. The molecule has 0 saturated carbocycles. The summed E-state index contributed by atoms with van der Waals surface area (Å²) in [6.45, 7) is 15.7. The van der Waals surface area contributed by atoms with Gasteiger partial charge in [-0.05, 0) is 54.5 Å². The van der Waals surface area contributed by atoms with Crippen LogP contribution in [0.5, 0.6) is 0 Å². The van der Waals surface area contributed by atoms with Gasteiger partial charge in [0.2, 0.25) is 0 Å². The van der Waals surface area contributed by atoms with Gasteiger partial charge in [-0.25, -0.2) is 9.59 Å². The number of nitrogens with one attached hydrogen (secondary N) is 2. The van der Waals surface area contributed by atoms with Gasteiger partial charge in [0.25, 0.3) is 0 Å². The summed E-state index contributed by atoms with van der Waals surface area (Å²) in [4.78, 5) is 27.0. The molecule has 2 N–H and O–H groups in total. The van der Waals surface area contributed by atoms with Crippen molar-refractivity contribution in [1.82, 2.24) is 15.5 Å². The van der Waals surface area contributed by atoms with E-state index in [1.165, 1.54) is 70.6 Å². The Hall–Kier alpha value is -1.50. The predicted octanol–water partition coefficient (Wildman–Crippen LogP) is 6.79. The van der Waals surface area contributed by atoms with Gasteiger partial charge in [0, 0.05) is 13.1 Å². The fourth-order valence-corrected chi connectivity index (χ4v) is 4.45. The molecule has 0 aromatic rings. The van der Waals surface area contributed by atoms with Gasteiger partial charge in [-0.1, -0.05) is 77.6 Å². The largest absolute Gasteiger partial charge is 0.444 e. The second-order valence-electron chi connectivity index (χ2n) is 12.2. The summed E-state index contributed by atoms with van der Waals surface area (Å²) < 4.78 is 10.9. The molecule has 0 aromatic heterocycles. The number of nitrogens with zero attached hydrogens (tertiary/aromatic N) is 1. The number of alkyl carbamates (subject to hydrolysis) is 2. The van der Waals surface area contributed by atoms with E-state index in [9.17, 15) is 9.59 Å². The van der Waals surface area contributed by atoms with Crippen molar-refractivity contribution < 1.29 is 19.1 Å². The first-order valence-electron chi connectivity index (χ1n) is 14.1. The second kappa shape index (κ2) is 16.3. The molecular formula is C28H55N3O4. The summed E-state index contributed by atoms with van der Waals surface area (Å²) >= 11 is 0. The summed E-state index contributed by atoms with van der Waals surface area (Å²) in [5.41, 5.74) is -1.13. The van der Waals surface area contributed by atoms with Gasteiger partial charge in [0.1, 0.15) is 11.2 Å². The number of carbonyl (C=O) groups excluding carboxylic acids is 2. The SMILES string of the molecule is CCCCCCCCCCCCCCN1C[C@H](NC(=O)OC(C)(C)C)[C@@H](NC(=O)OC(C)(C)C)C1. The Morgan fingerprint density at radius 1 is 0.657 bits per heavy atom. The Morgan fingerprint density at radius 3 is 1.34 bits per heavy atom. The topological polar surface area (TPSA) is 79.9 Å². The van der Waals surface area contributed by atoms with Crippen LogP contribution in [0.25, 0.3) is 0 Å². The fourth-order valence-electron chi connectivity index (χ4n) is 4.45. The lowest BCUT2D eigenvalue weighted by Gasteiger charge is -2.26. The molecule has 1 saturated heterocycles. The second-order valence-corrected chi connectivity index (χ2v) is 12.2. The third-order valence-electron chi connectivity index (χ3n) is 6.13. The molecule has 206 valence electrons. The van der Waals surface area contributed by atoms with Gasteiger partial charge < -0.3 is 20.1 Å². The van der Waals surface area contributed by atoms with Crippen molar-refractivity contribution in [2.75, 3.05) is 19.6 Å². The van der Waals surface area contributed by atoms with Crippen molar-refractivity contribution in [3.63, 3.8) is 0 Å². The summed E-state index contributed by atoms with van der Waals surface area (Å²) in [6.07, 6.45) is 15.0. The van der Waals surface area contributed by atoms with Crippen molar-refractivity contribution in [3.8, 4) is 0 Å². The summed E-state index contributed by atoms with van der Waals surface area (Å²) in [7, 11) is 0. The highest BCUT2D eigenvalue weighted by molar-refractivity contribution is 5.70. The lowest BCUT2D eigenvalue weighted by atomic mass is 10.1. The highest BCUT2D eigenvalue weighted by Gasteiger charge is 2.36. The molecular weight excluding hydrogens is 442 g/mol. The van der Waals surface area contributed by atoms with Crippen molar-refractivity contribution in [2.24, 2.45) is 0 Å². The number of carbonyl (C=O) groups is 2. The maximum atomic E-state index is 12.4. The fraction of sp³-hybridized carbons (Fsp3) is 0.929. The summed E-state index contributed by atoms with van der Waals surface area (Å²) in [5, 5.41) is 5.91. The van der Waals surface area contributed by atoms with Crippen molar-refractivity contribution in [2.45, 2.75) is 149 Å². The molecule has 1 rings (SSSR count). The van der Waals surface area contributed by atoms with Crippen LogP contribution < -0.4 is 10.6 Å². The van der Waals surface area contributed by atoms with Crippen LogP contribution in [0.4, 0.5) is 9.59 Å². The summed E-state index contributed by atoms with van der Waals surface area (Å²) in [6, 6.07) is -0.426. The van der Waals surface area contributed by atoms with Crippen molar-refractivity contribution >= 4 is 12.2 Å². The molecule has 7 heteroatoms. The number of ether oxygens (including phenoxy) is 2.